The van der Waals surface area contributed by atoms with Crippen molar-refractivity contribution in [2.75, 3.05) is 16.4 Å². The number of carbonyl (C=O) groups is 3. The zero-order valence-corrected chi connectivity index (χ0v) is 21.0. The lowest BCUT2D eigenvalue weighted by Crippen LogP contribution is -2.20. The van der Waals surface area contributed by atoms with Gasteiger partial charge in [0.15, 0.2) is 5.13 Å². The minimum Gasteiger partial charge on any atom is -0.478 e. The molecule has 0 atom stereocenters. The number of nitrogens with one attached hydrogen (secondary N) is 2. The average molecular weight is 523 g/mol. The third kappa shape index (κ3) is 8.66. The Morgan fingerprint density at radius 1 is 1.03 bits per heavy atom. The van der Waals surface area contributed by atoms with Gasteiger partial charge in [-0.25, -0.2) is 9.78 Å². The number of benzene rings is 2. The van der Waals surface area contributed by atoms with Crippen molar-refractivity contribution in [1.82, 2.24) is 4.98 Å². The summed E-state index contributed by atoms with van der Waals surface area (Å²) in [7, 11) is 0. The number of carboxylic acid groups (broad SMARTS) is 1. The first-order chi connectivity index (χ1) is 15.9. The van der Waals surface area contributed by atoms with E-state index in [1.54, 1.807) is 23.7 Å². The van der Waals surface area contributed by atoms with Gasteiger partial charge in [0.1, 0.15) is 0 Å². The van der Waals surface area contributed by atoms with Gasteiger partial charge in [0.2, 0.25) is 5.91 Å². The Bertz CT molecular complexity index is 1140. The zero-order chi connectivity index (χ0) is 25.5. The van der Waals surface area contributed by atoms with Crippen molar-refractivity contribution in [3.8, 4) is 0 Å². The number of carbonyl (C=O) groups excluding carboxylic acids is 2. The highest BCUT2D eigenvalue weighted by Gasteiger charge is 2.19. The summed E-state index contributed by atoms with van der Waals surface area (Å²) in [5, 5.41) is 16.4. The molecule has 11 heteroatoms. The molecule has 2 amide bonds. The SMILES string of the molecule is CC(C)(C)CC(=O)Nc1c(Cl)cc(C(=O)Nc2nccs2)cc1Cl.Nc1ccc(C(=O)O)cc1. The highest BCUT2D eigenvalue weighted by atomic mass is 35.5. The normalized spacial score (nSPS) is 10.6. The molecular formula is C23H24Cl2N4O4S. The molecule has 34 heavy (non-hydrogen) atoms. The largest absolute Gasteiger partial charge is 0.478 e. The van der Waals surface area contributed by atoms with E-state index in [1.165, 1.54) is 35.6 Å². The number of aromatic nitrogens is 1. The highest BCUT2D eigenvalue weighted by Crippen LogP contribution is 2.33. The molecule has 0 saturated carbocycles. The number of carboxylic acids is 1. The lowest BCUT2D eigenvalue weighted by molar-refractivity contribution is -0.117. The second-order valence-electron chi connectivity index (χ2n) is 8.32. The number of amides is 2. The van der Waals surface area contributed by atoms with Gasteiger partial charge >= 0.3 is 5.97 Å². The van der Waals surface area contributed by atoms with Crippen molar-refractivity contribution in [2.24, 2.45) is 5.41 Å². The molecule has 5 N–H and O–H groups in total. The maximum Gasteiger partial charge on any atom is 0.335 e. The molecule has 0 aliphatic rings. The molecule has 0 fully saturated rings. The minimum absolute atomic E-state index is 0.156. The van der Waals surface area contributed by atoms with E-state index in [4.69, 9.17) is 34.0 Å². The molecule has 1 heterocycles. The summed E-state index contributed by atoms with van der Waals surface area (Å²) >= 11 is 13.7. The zero-order valence-electron chi connectivity index (χ0n) is 18.7. The number of nitrogen functional groups attached to an aromatic ring is 1. The van der Waals surface area contributed by atoms with Crippen LogP contribution in [0.1, 0.15) is 47.9 Å². The van der Waals surface area contributed by atoms with Crippen molar-refractivity contribution in [2.45, 2.75) is 27.2 Å². The molecule has 0 unspecified atom stereocenters. The lowest BCUT2D eigenvalue weighted by atomic mass is 9.92. The predicted molar refractivity (Wildman–Crippen MR) is 137 cm³/mol. The van der Waals surface area contributed by atoms with Crippen molar-refractivity contribution < 1.29 is 19.5 Å². The topological polar surface area (TPSA) is 134 Å². The third-order valence-corrected chi connectivity index (χ3v) is 5.35. The Kier molecular flexibility index (Phi) is 9.43. The van der Waals surface area contributed by atoms with E-state index in [-0.39, 0.29) is 38.4 Å². The Hall–Kier alpha value is -3.14. The van der Waals surface area contributed by atoms with Crippen LogP contribution in [0.15, 0.2) is 48.0 Å². The second-order valence-corrected chi connectivity index (χ2v) is 10.0. The fourth-order valence-corrected chi connectivity index (χ4v) is 3.67. The Balaban J connectivity index is 0.000000340. The number of rotatable bonds is 5. The first-order valence-electron chi connectivity index (χ1n) is 9.94. The third-order valence-electron chi connectivity index (χ3n) is 4.07. The first kappa shape index (κ1) is 27.1. The maximum absolute atomic E-state index is 12.2. The van der Waals surface area contributed by atoms with Gasteiger partial charge in [-0.2, -0.15) is 0 Å². The van der Waals surface area contributed by atoms with Crippen LogP contribution in [0.3, 0.4) is 0 Å². The van der Waals surface area contributed by atoms with Crippen molar-refractivity contribution in [1.29, 1.82) is 0 Å². The summed E-state index contributed by atoms with van der Waals surface area (Å²) in [5.41, 5.74) is 6.60. The number of anilines is 3. The fourth-order valence-electron chi connectivity index (χ4n) is 2.57. The quantitative estimate of drug-likeness (QED) is 0.301. The highest BCUT2D eigenvalue weighted by molar-refractivity contribution is 7.13. The lowest BCUT2D eigenvalue weighted by Gasteiger charge is -2.18. The van der Waals surface area contributed by atoms with Gasteiger partial charge in [-0.3, -0.25) is 14.9 Å². The number of aromatic carboxylic acids is 1. The summed E-state index contributed by atoms with van der Waals surface area (Å²) in [6.45, 7) is 5.88. The molecule has 0 aliphatic heterocycles. The Labute approximate surface area is 211 Å². The van der Waals surface area contributed by atoms with Gasteiger partial charge in [-0.1, -0.05) is 44.0 Å². The Morgan fingerprint density at radius 3 is 2.09 bits per heavy atom. The van der Waals surface area contributed by atoms with Gasteiger partial charge in [0.25, 0.3) is 5.91 Å². The molecule has 2 aromatic carbocycles. The van der Waals surface area contributed by atoms with E-state index in [0.717, 1.165) is 0 Å². The summed E-state index contributed by atoms with van der Waals surface area (Å²) < 4.78 is 0. The van der Waals surface area contributed by atoms with E-state index >= 15 is 0 Å². The first-order valence-corrected chi connectivity index (χ1v) is 11.6. The average Bonchev–Trinajstić information content (AvgIpc) is 3.23. The standard InChI is InChI=1S/C16H17Cl2N3O2S.C7H7NO2/c1-16(2,3)8-12(22)20-13-10(17)6-9(7-11(13)18)14(23)21-15-19-4-5-24-15;8-6-3-1-5(2-4-6)7(9)10/h4-7H,8H2,1-3H3,(H,20,22)(H,19,21,23);1-4H,8H2,(H,9,10). The van der Waals surface area contributed by atoms with Gasteiger partial charge in [-0.05, 0) is 41.8 Å². The number of hydrogen-bond donors (Lipinski definition) is 4. The molecule has 0 bridgehead atoms. The Morgan fingerprint density at radius 2 is 1.62 bits per heavy atom. The second kappa shape index (κ2) is 11.8. The summed E-state index contributed by atoms with van der Waals surface area (Å²) in [5.74, 6) is -1.49. The summed E-state index contributed by atoms with van der Waals surface area (Å²) in [4.78, 5) is 38.5. The van der Waals surface area contributed by atoms with Gasteiger partial charge in [0, 0.05) is 29.2 Å². The summed E-state index contributed by atoms with van der Waals surface area (Å²) in [6, 6.07) is 8.98. The molecule has 0 saturated heterocycles. The molecule has 1 aromatic heterocycles. The monoisotopic (exact) mass is 522 g/mol. The van der Waals surface area contributed by atoms with E-state index in [0.29, 0.717) is 22.9 Å². The number of halogens is 2. The van der Waals surface area contributed by atoms with Crippen LogP contribution in [0.4, 0.5) is 16.5 Å². The van der Waals surface area contributed by atoms with E-state index in [1.807, 2.05) is 20.8 Å². The number of thiazole rings is 1. The van der Waals surface area contributed by atoms with Crippen LogP contribution >= 0.6 is 34.5 Å². The minimum atomic E-state index is -0.931. The van der Waals surface area contributed by atoms with Crippen LogP contribution in [-0.2, 0) is 4.79 Å². The van der Waals surface area contributed by atoms with Crippen molar-refractivity contribution in [3.63, 3.8) is 0 Å². The smallest absolute Gasteiger partial charge is 0.335 e. The molecule has 180 valence electrons. The van der Waals surface area contributed by atoms with Gasteiger partial charge in [0.05, 0.1) is 21.3 Å². The number of hydrogen-bond acceptors (Lipinski definition) is 6. The van der Waals surface area contributed by atoms with Crippen LogP contribution in [0.5, 0.6) is 0 Å². The fraction of sp³-hybridized carbons (Fsp3) is 0.217. The van der Waals surface area contributed by atoms with Crippen molar-refractivity contribution >= 4 is 68.8 Å². The van der Waals surface area contributed by atoms with E-state index in [9.17, 15) is 14.4 Å². The van der Waals surface area contributed by atoms with Gasteiger partial charge < -0.3 is 16.2 Å². The molecule has 3 aromatic rings. The predicted octanol–water partition coefficient (Wildman–Crippen LogP) is 6.04. The van der Waals surface area contributed by atoms with E-state index < -0.39 is 5.97 Å². The molecule has 0 aliphatic carbocycles. The van der Waals surface area contributed by atoms with Crippen LogP contribution in [-0.4, -0.2) is 27.9 Å². The van der Waals surface area contributed by atoms with Crippen LogP contribution < -0.4 is 16.4 Å². The van der Waals surface area contributed by atoms with Crippen LogP contribution in [0.25, 0.3) is 0 Å². The maximum atomic E-state index is 12.2. The molecule has 3 rings (SSSR count). The molecule has 0 radical (unpaired) electrons. The summed E-state index contributed by atoms with van der Waals surface area (Å²) in [6.07, 6.45) is 1.92. The van der Waals surface area contributed by atoms with Gasteiger partial charge in [-0.15, -0.1) is 11.3 Å². The molecule has 0 spiro atoms. The van der Waals surface area contributed by atoms with Crippen LogP contribution in [0.2, 0.25) is 10.0 Å². The number of nitrogens with zero attached hydrogens (tertiary/aromatic N) is 1. The van der Waals surface area contributed by atoms with E-state index in [2.05, 4.69) is 15.6 Å². The van der Waals surface area contributed by atoms with Crippen LogP contribution in [0, 0.1) is 5.41 Å². The molecular weight excluding hydrogens is 499 g/mol. The number of nitrogens with two attached hydrogens (primary N) is 1. The molecule has 8 nitrogen and oxygen atoms in total. The van der Waals surface area contributed by atoms with Crippen molar-refractivity contribution in [3.05, 3.63) is 69.1 Å².